The van der Waals surface area contributed by atoms with Gasteiger partial charge in [0, 0.05) is 36.3 Å². The van der Waals surface area contributed by atoms with E-state index in [1.54, 1.807) is 40.9 Å². The number of hydrogen-bond acceptors (Lipinski definition) is 6. The lowest BCUT2D eigenvalue weighted by Crippen LogP contribution is -2.31. The molecule has 5 rings (SSSR count). The Morgan fingerprint density at radius 3 is 2.56 bits per heavy atom. The zero-order chi connectivity index (χ0) is 23.5. The predicted octanol–water partition coefficient (Wildman–Crippen LogP) is 4.62. The zero-order valence-corrected chi connectivity index (χ0v) is 20.0. The van der Waals surface area contributed by atoms with E-state index < -0.39 is 0 Å². The monoisotopic (exact) mass is 487 g/mol. The number of nitrogens with zero attached hydrogens (tertiary/aromatic N) is 4. The Morgan fingerprint density at radius 2 is 1.82 bits per heavy atom. The molecule has 9 heteroatoms. The number of benzene rings is 1. The number of carbonyl (C=O) groups excluding carboxylic acids is 1. The molecule has 1 amide bonds. The van der Waals surface area contributed by atoms with Gasteiger partial charge in [-0.2, -0.15) is 5.10 Å². The molecule has 0 aliphatic heterocycles. The van der Waals surface area contributed by atoms with E-state index in [0.29, 0.717) is 11.3 Å². The van der Waals surface area contributed by atoms with Gasteiger partial charge in [0.1, 0.15) is 10.7 Å². The van der Waals surface area contributed by atoms with Crippen molar-refractivity contribution in [2.45, 2.75) is 13.5 Å². The minimum Gasteiger partial charge on any atom is -0.350 e. The molecular formula is C25H21N5O2S2. The van der Waals surface area contributed by atoms with E-state index in [2.05, 4.69) is 15.4 Å². The van der Waals surface area contributed by atoms with Gasteiger partial charge in [-0.05, 0) is 60.8 Å². The number of hydrogen-bond donors (Lipinski definition) is 1. The van der Waals surface area contributed by atoms with E-state index in [9.17, 15) is 9.59 Å². The molecule has 0 aliphatic carbocycles. The summed E-state index contributed by atoms with van der Waals surface area (Å²) in [6.07, 6.45) is 3.90. The SMILES string of the molecule is Cc1nc(-c2cccs2)sc1-c1ccc(=O)n(CCNC(=O)c2ccc(-n3cccc3)cc2)n1. The van der Waals surface area contributed by atoms with Crippen molar-refractivity contribution >= 4 is 28.6 Å². The summed E-state index contributed by atoms with van der Waals surface area (Å²) in [4.78, 5) is 31.6. The fraction of sp³-hybridized carbons (Fsp3) is 0.120. The van der Waals surface area contributed by atoms with E-state index in [1.807, 2.05) is 65.7 Å². The zero-order valence-electron chi connectivity index (χ0n) is 18.3. The van der Waals surface area contributed by atoms with Crippen molar-refractivity contribution in [3.05, 3.63) is 100 Å². The Hall–Kier alpha value is -3.82. The minimum atomic E-state index is -0.213. The number of rotatable bonds is 7. The maximum Gasteiger partial charge on any atom is 0.266 e. The maximum absolute atomic E-state index is 12.5. The maximum atomic E-state index is 12.5. The highest BCUT2D eigenvalue weighted by Crippen LogP contribution is 2.35. The summed E-state index contributed by atoms with van der Waals surface area (Å²) in [6.45, 7) is 2.51. The van der Waals surface area contributed by atoms with Crippen LogP contribution in [0.1, 0.15) is 16.1 Å². The Morgan fingerprint density at radius 1 is 1.03 bits per heavy atom. The lowest BCUT2D eigenvalue weighted by Gasteiger charge is -2.09. The summed E-state index contributed by atoms with van der Waals surface area (Å²) in [5.41, 5.74) is 2.91. The number of aryl methyl sites for hydroxylation is 1. The molecule has 4 heterocycles. The van der Waals surface area contributed by atoms with E-state index in [-0.39, 0.29) is 24.6 Å². The number of thiazole rings is 1. The highest BCUT2D eigenvalue weighted by molar-refractivity contribution is 7.23. The summed E-state index contributed by atoms with van der Waals surface area (Å²) in [5, 5.41) is 10.4. The van der Waals surface area contributed by atoms with Crippen LogP contribution < -0.4 is 10.9 Å². The lowest BCUT2D eigenvalue weighted by molar-refractivity contribution is 0.0951. The Kier molecular flexibility index (Phi) is 6.20. The van der Waals surface area contributed by atoms with Crippen LogP contribution in [0.4, 0.5) is 0 Å². The molecule has 0 saturated heterocycles. The first-order valence-electron chi connectivity index (χ1n) is 10.7. The molecule has 7 nitrogen and oxygen atoms in total. The number of carbonyl (C=O) groups is 1. The van der Waals surface area contributed by atoms with Crippen LogP contribution in [0, 0.1) is 6.92 Å². The van der Waals surface area contributed by atoms with Crippen LogP contribution in [0.25, 0.3) is 26.1 Å². The molecule has 0 unspecified atom stereocenters. The van der Waals surface area contributed by atoms with Crippen LogP contribution >= 0.6 is 22.7 Å². The molecule has 5 aromatic rings. The molecule has 0 saturated carbocycles. The van der Waals surface area contributed by atoms with E-state index >= 15 is 0 Å². The summed E-state index contributed by atoms with van der Waals surface area (Å²) in [7, 11) is 0. The van der Waals surface area contributed by atoms with Crippen LogP contribution in [-0.4, -0.2) is 31.8 Å². The average molecular weight is 488 g/mol. The number of aromatic nitrogens is 4. The Labute approximate surface area is 204 Å². The number of amides is 1. The van der Waals surface area contributed by atoms with Gasteiger partial charge < -0.3 is 9.88 Å². The molecular weight excluding hydrogens is 466 g/mol. The van der Waals surface area contributed by atoms with E-state index in [4.69, 9.17) is 0 Å². The first kappa shape index (κ1) is 22.0. The van der Waals surface area contributed by atoms with Gasteiger partial charge in [-0.15, -0.1) is 22.7 Å². The summed E-state index contributed by atoms with van der Waals surface area (Å²) < 4.78 is 3.36. The predicted molar refractivity (Wildman–Crippen MR) is 136 cm³/mol. The second-order valence-electron chi connectivity index (χ2n) is 7.58. The van der Waals surface area contributed by atoms with Crippen molar-refractivity contribution in [3.8, 4) is 26.1 Å². The van der Waals surface area contributed by atoms with Gasteiger partial charge in [0.15, 0.2) is 0 Å². The third-order valence-electron chi connectivity index (χ3n) is 5.27. The van der Waals surface area contributed by atoms with Crippen LogP contribution in [0.5, 0.6) is 0 Å². The van der Waals surface area contributed by atoms with Crippen LogP contribution in [0.2, 0.25) is 0 Å². The third kappa shape index (κ3) is 4.61. The number of thiophene rings is 1. The van der Waals surface area contributed by atoms with E-state index in [0.717, 1.165) is 26.1 Å². The Bertz CT molecular complexity index is 1470. The molecule has 170 valence electrons. The van der Waals surface area contributed by atoms with Gasteiger partial charge in [-0.25, -0.2) is 9.67 Å². The first-order chi connectivity index (χ1) is 16.6. The molecule has 1 N–H and O–H groups in total. The quantitative estimate of drug-likeness (QED) is 0.363. The first-order valence-corrected chi connectivity index (χ1v) is 12.4. The third-order valence-corrected chi connectivity index (χ3v) is 7.49. The molecule has 0 fully saturated rings. The molecule has 0 spiro atoms. The largest absolute Gasteiger partial charge is 0.350 e. The van der Waals surface area contributed by atoms with Gasteiger partial charge in [0.25, 0.3) is 11.5 Å². The molecule has 0 aliphatic rings. The van der Waals surface area contributed by atoms with Crippen LogP contribution in [-0.2, 0) is 6.54 Å². The van der Waals surface area contributed by atoms with Crippen molar-refractivity contribution < 1.29 is 4.79 Å². The minimum absolute atomic E-state index is 0.192. The second kappa shape index (κ2) is 9.58. The van der Waals surface area contributed by atoms with Gasteiger partial charge in [0.2, 0.25) is 0 Å². The van der Waals surface area contributed by atoms with Crippen LogP contribution in [0.3, 0.4) is 0 Å². The average Bonchev–Trinajstić information content (AvgIpc) is 3.62. The number of nitrogens with one attached hydrogen (secondary N) is 1. The smallest absolute Gasteiger partial charge is 0.266 e. The highest BCUT2D eigenvalue weighted by atomic mass is 32.1. The van der Waals surface area contributed by atoms with Crippen molar-refractivity contribution in [2.75, 3.05) is 6.54 Å². The molecule has 0 bridgehead atoms. The van der Waals surface area contributed by atoms with Gasteiger partial charge in [0.05, 0.1) is 22.0 Å². The molecule has 0 radical (unpaired) electrons. The lowest BCUT2D eigenvalue weighted by atomic mass is 10.2. The van der Waals surface area contributed by atoms with E-state index in [1.165, 1.54) is 10.7 Å². The van der Waals surface area contributed by atoms with Crippen molar-refractivity contribution in [1.82, 2.24) is 24.6 Å². The van der Waals surface area contributed by atoms with Crippen molar-refractivity contribution in [3.63, 3.8) is 0 Å². The molecule has 0 atom stereocenters. The normalized spacial score (nSPS) is 11.0. The van der Waals surface area contributed by atoms with Crippen molar-refractivity contribution in [1.29, 1.82) is 0 Å². The Balaban J connectivity index is 1.25. The van der Waals surface area contributed by atoms with Gasteiger partial charge in [-0.1, -0.05) is 6.07 Å². The topological polar surface area (TPSA) is 81.8 Å². The van der Waals surface area contributed by atoms with Gasteiger partial charge in [-0.3, -0.25) is 9.59 Å². The second-order valence-corrected chi connectivity index (χ2v) is 9.53. The van der Waals surface area contributed by atoms with Crippen molar-refractivity contribution in [2.24, 2.45) is 0 Å². The molecule has 34 heavy (non-hydrogen) atoms. The highest BCUT2D eigenvalue weighted by Gasteiger charge is 2.14. The standard InChI is InChI=1S/C25H21N5O2S2/c1-17-23(34-25(27-17)21-5-4-16-33-21)20-10-11-22(31)30(28-20)15-12-26-24(32)18-6-8-19(9-7-18)29-13-2-3-14-29/h2-11,13-14,16H,12,15H2,1H3,(H,26,32). The molecule has 1 aromatic carbocycles. The summed E-state index contributed by atoms with van der Waals surface area (Å²) >= 11 is 3.20. The fourth-order valence-corrected chi connectivity index (χ4v) is 5.37. The molecule has 4 aromatic heterocycles. The van der Waals surface area contributed by atoms with Crippen LogP contribution in [0.15, 0.2) is 83.2 Å². The fourth-order valence-electron chi connectivity index (χ4n) is 3.54. The van der Waals surface area contributed by atoms with Gasteiger partial charge >= 0.3 is 0 Å². The summed E-state index contributed by atoms with van der Waals surface area (Å²) in [5.74, 6) is -0.192. The summed E-state index contributed by atoms with van der Waals surface area (Å²) in [6, 6.07) is 18.5.